The van der Waals surface area contributed by atoms with Gasteiger partial charge in [-0.1, -0.05) is 20.8 Å². The van der Waals surface area contributed by atoms with E-state index in [1.54, 1.807) is 0 Å². The van der Waals surface area contributed by atoms with Crippen molar-refractivity contribution in [3.63, 3.8) is 0 Å². The van der Waals surface area contributed by atoms with Gasteiger partial charge in [-0.15, -0.1) is 6.42 Å². The number of benzene rings is 1. The highest BCUT2D eigenvalue weighted by molar-refractivity contribution is 5.98. The molecule has 0 amide bonds. The summed E-state index contributed by atoms with van der Waals surface area (Å²) in [4.78, 5) is 23.9. The second-order valence-electron chi connectivity index (χ2n) is 6.04. The van der Waals surface area contributed by atoms with Crippen LogP contribution in [-0.2, 0) is 14.3 Å². The minimum atomic E-state index is -0.510. The van der Waals surface area contributed by atoms with Crippen molar-refractivity contribution in [1.29, 1.82) is 0 Å². The zero-order chi connectivity index (χ0) is 18.0. The Morgan fingerprint density at radius 2 is 1.74 bits per heavy atom. The Balaban J connectivity index is 0.000000841. The van der Waals surface area contributed by atoms with Gasteiger partial charge in [-0.05, 0) is 42.5 Å². The van der Waals surface area contributed by atoms with Crippen molar-refractivity contribution < 1.29 is 18.7 Å². The monoisotopic (exact) mass is 320 g/mol. The molecule has 0 aromatic heterocycles. The summed E-state index contributed by atoms with van der Waals surface area (Å²) in [6.07, 6.45) is 4.98. The molecule has 0 heterocycles. The molecule has 0 spiro atoms. The van der Waals surface area contributed by atoms with Crippen molar-refractivity contribution in [3.8, 4) is 12.3 Å². The predicted molar refractivity (Wildman–Crippen MR) is 89.3 cm³/mol. The Kier molecular flexibility index (Phi) is 8.64. The largest absolute Gasteiger partial charge is 0.468 e. The quantitative estimate of drug-likeness (QED) is 0.475. The molecule has 1 aromatic rings. The summed E-state index contributed by atoms with van der Waals surface area (Å²) < 4.78 is 17.3. The van der Waals surface area contributed by atoms with E-state index < -0.39 is 17.6 Å². The molecule has 5 heteroatoms. The van der Waals surface area contributed by atoms with Gasteiger partial charge in [-0.25, -0.2) is 4.39 Å². The zero-order valence-electron chi connectivity index (χ0n) is 14.1. The summed E-state index contributed by atoms with van der Waals surface area (Å²) in [5.74, 6) is 0.579. The molecule has 4 nitrogen and oxygen atoms in total. The smallest absolute Gasteiger partial charge is 0.325 e. The lowest BCUT2D eigenvalue weighted by Gasteiger charge is -2.21. The Morgan fingerprint density at radius 1 is 1.26 bits per heavy atom. The first-order valence-corrected chi connectivity index (χ1v) is 6.99. The second-order valence-corrected chi connectivity index (χ2v) is 6.04. The summed E-state index contributed by atoms with van der Waals surface area (Å²) >= 11 is 0. The maximum Gasteiger partial charge on any atom is 0.325 e. The fourth-order valence-electron chi connectivity index (χ4n) is 1.33. The number of anilines is 1. The third-order valence-electron chi connectivity index (χ3n) is 2.23. The molecule has 0 bridgehead atoms. The van der Waals surface area contributed by atoms with E-state index in [0.29, 0.717) is 5.69 Å². The molecule has 125 valence electrons. The average Bonchev–Trinajstić information content (AvgIpc) is 2.45. The molecule has 0 fully saturated rings. The molecule has 0 aliphatic heterocycles. The molecule has 1 radical (unpaired) electrons. The zero-order valence-corrected chi connectivity index (χ0v) is 14.1. The molecule has 0 saturated carbocycles. The molecule has 23 heavy (non-hydrogen) atoms. The predicted octanol–water partition coefficient (Wildman–Crippen LogP) is 2.87. The van der Waals surface area contributed by atoms with Crippen LogP contribution in [0.3, 0.4) is 0 Å². The van der Waals surface area contributed by atoms with Crippen LogP contribution in [0.1, 0.15) is 20.8 Å². The van der Waals surface area contributed by atoms with Crippen molar-refractivity contribution in [2.45, 2.75) is 20.8 Å². The normalized spacial score (nSPS) is 9.96. The highest BCUT2D eigenvalue weighted by Crippen LogP contribution is 2.14. The molecule has 0 unspecified atom stereocenters. The van der Waals surface area contributed by atoms with Gasteiger partial charge in [0, 0.05) is 5.69 Å². The standard InChI is InChI=1S/C13H12FNO3.C5H11/c1-3-12(16)8-15(9-13(17)18-2)11-6-4-10(14)5-7-11;1-5(2,3)4/h1,4-7H,8-9H2,2H3;1H2,2-4H3. The topological polar surface area (TPSA) is 46.6 Å². The average molecular weight is 320 g/mol. The number of esters is 1. The van der Waals surface area contributed by atoms with Crippen molar-refractivity contribution in [1.82, 2.24) is 0 Å². The maximum atomic E-state index is 12.8. The molecular formula is C18H23FNO3. The summed E-state index contributed by atoms with van der Waals surface area (Å²) in [7, 11) is 1.24. The molecule has 0 saturated heterocycles. The third-order valence-corrected chi connectivity index (χ3v) is 2.23. The van der Waals surface area contributed by atoms with Gasteiger partial charge in [0.05, 0.1) is 13.7 Å². The lowest BCUT2D eigenvalue weighted by molar-refractivity contribution is -0.138. The molecule has 1 rings (SSSR count). The SMILES string of the molecule is C#CC(=O)CN(CC(=O)OC)c1ccc(F)cc1.[CH2]C(C)(C)C. The molecule has 0 aliphatic rings. The van der Waals surface area contributed by atoms with Crippen LogP contribution < -0.4 is 4.90 Å². The fourth-order valence-corrected chi connectivity index (χ4v) is 1.33. The summed E-state index contributed by atoms with van der Waals surface area (Å²) in [5, 5.41) is 0. The number of halogens is 1. The Morgan fingerprint density at radius 3 is 2.13 bits per heavy atom. The molecule has 0 aliphatic carbocycles. The van der Waals surface area contributed by atoms with Crippen molar-refractivity contribution >= 4 is 17.4 Å². The molecule has 0 N–H and O–H groups in total. The number of ketones is 1. The van der Waals surface area contributed by atoms with Gasteiger partial charge in [-0.2, -0.15) is 0 Å². The number of carbonyl (C=O) groups is 2. The Bertz CT molecular complexity index is 547. The first-order valence-electron chi connectivity index (χ1n) is 6.99. The first-order chi connectivity index (χ1) is 10.6. The van der Waals surface area contributed by atoms with E-state index >= 15 is 0 Å². The Labute approximate surface area is 137 Å². The van der Waals surface area contributed by atoms with E-state index in [0.717, 1.165) is 0 Å². The number of ether oxygens (including phenoxy) is 1. The highest BCUT2D eigenvalue weighted by Gasteiger charge is 2.14. The molecular weight excluding hydrogens is 297 g/mol. The van der Waals surface area contributed by atoms with Crippen LogP contribution in [0.15, 0.2) is 24.3 Å². The number of methoxy groups -OCH3 is 1. The fraction of sp³-hybridized carbons (Fsp3) is 0.389. The maximum absolute atomic E-state index is 12.8. The highest BCUT2D eigenvalue weighted by atomic mass is 19.1. The van der Waals surface area contributed by atoms with Crippen molar-refractivity contribution in [3.05, 3.63) is 37.0 Å². The number of rotatable bonds is 5. The van der Waals surface area contributed by atoms with Gasteiger partial charge in [-0.3, -0.25) is 9.59 Å². The molecule has 1 aromatic carbocycles. The van der Waals surface area contributed by atoms with Crippen molar-refractivity contribution in [2.75, 3.05) is 25.1 Å². The number of hydrogen-bond donors (Lipinski definition) is 0. The summed E-state index contributed by atoms with van der Waals surface area (Å²) in [6.45, 7) is 9.74. The summed E-state index contributed by atoms with van der Waals surface area (Å²) in [5.41, 5.74) is 0.769. The lowest BCUT2D eigenvalue weighted by Crippen LogP contribution is -2.34. The van der Waals surface area contributed by atoms with Gasteiger partial charge >= 0.3 is 5.97 Å². The minimum absolute atomic E-state index is 0.128. The van der Waals surface area contributed by atoms with Gasteiger partial charge in [0.25, 0.3) is 0 Å². The van der Waals surface area contributed by atoms with Crippen LogP contribution in [0.25, 0.3) is 0 Å². The van der Waals surface area contributed by atoms with Gasteiger partial charge in [0.1, 0.15) is 12.4 Å². The van der Waals surface area contributed by atoms with E-state index in [4.69, 9.17) is 6.42 Å². The van der Waals surface area contributed by atoms with Crippen LogP contribution in [0.5, 0.6) is 0 Å². The first kappa shape index (κ1) is 20.7. The number of carbonyl (C=O) groups excluding carboxylic acids is 2. The van der Waals surface area contributed by atoms with Crippen LogP contribution in [0.4, 0.5) is 10.1 Å². The van der Waals surface area contributed by atoms with Crippen LogP contribution in [0, 0.1) is 30.5 Å². The van der Waals surface area contributed by atoms with E-state index in [1.165, 1.54) is 36.3 Å². The van der Waals surface area contributed by atoms with Crippen LogP contribution in [-0.4, -0.2) is 32.0 Å². The van der Waals surface area contributed by atoms with Crippen molar-refractivity contribution in [2.24, 2.45) is 5.41 Å². The third kappa shape index (κ3) is 10.9. The van der Waals surface area contributed by atoms with Gasteiger partial charge in [0.15, 0.2) is 0 Å². The van der Waals surface area contributed by atoms with Crippen LogP contribution >= 0.6 is 0 Å². The number of nitrogens with zero attached hydrogens (tertiary/aromatic N) is 1. The van der Waals surface area contributed by atoms with E-state index in [-0.39, 0.29) is 18.5 Å². The Hall–Kier alpha value is -2.35. The van der Waals surface area contributed by atoms with E-state index in [1.807, 2.05) is 5.92 Å². The van der Waals surface area contributed by atoms with Gasteiger partial charge in [0.2, 0.25) is 5.78 Å². The molecule has 0 atom stereocenters. The minimum Gasteiger partial charge on any atom is -0.468 e. The summed E-state index contributed by atoms with van der Waals surface area (Å²) in [6, 6.07) is 5.39. The number of terminal acetylenes is 1. The number of hydrogen-bond acceptors (Lipinski definition) is 4. The van der Waals surface area contributed by atoms with Gasteiger partial charge < -0.3 is 9.64 Å². The second kappa shape index (κ2) is 9.62. The number of Topliss-reactive ketones (excluding diaryl/α,β-unsaturated/α-hetero) is 1. The van der Waals surface area contributed by atoms with Crippen LogP contribution in [0.2, 0.25) is 0 Å². The van der Waals surface area contributed by atoms with E-state index in [9.17, 15) is 14.0 Å². The van der Waals surface area contributed by atoms with E-state index in [2.05, 4.69) is 32.4 Å². The lowest BCUT2D eigenvalue weighted by atomic mass is 10.0.